The second-order valence-corrected chi connectivity index (χ2v) is 9.43. The molecule has 29 heavy (non-hydrogen) atoms. The molecule has 2 heterocycles. The van der Waals surface area contributed by atoms with E-state index in [0.717, 1.165) is 0 Å². The van der Waals surface area contributed by atoms with E-state index in [9.17, 15) is 4.57 Å². The number of alkyl halides is 2. The highest BCUT2D eigenvalue weighted by Gasteiger charge is 2.58. The van der Waals surface area contributed by atoms with Gasteiger partial charge in [-0.15, -0.1) is 0 Å². The molecule has 1 aliphatic rings. The number of halogens is 3. The Balaban J connectivity index is 1.76. The van der Waals surface area contributed by atoms with Crippen LogP contribution in [-0.2, 0) is 19.3 Å². The van der Waals surface area contributed by atoms with E-state index < -0.39 is 24.9 Å². The van der Waals surface area contributed by atoms with Gasteiger partial charge in [-0.2, -0.15) is 14.0 Å². The van der Waals surface area contributed by atoms with Crippen molar-refractivity contribution in [3.63, 3.8) is 0 Å². The second kappa shape index (κ2) is 7.58. The molecule has 9 heteroatoms. The Bertz CT molecular complexity index is 1170. The largest absolute Gasteiger partial charge is 0.405 e. The zero-order valence-corrected chi connectivity index (χ0v) is 17.4. The summed E-state index contributed by atoms with van der Waals surface area (Å²) in [5.74, 6) is 0. The van der Waals surface area contributed by atoms with Gasteiger partial charge in [0.05, 0.1) is 24.3 Å². The summed E-state index contributed by atoms with van der Waals surface area (Å²) in [4.78, 5) is 3.96. The fourth-order valence-corrected chi connectivity index (χ4v) is 5.70. The predicted molar refractivity (Wildman–Crippen MR) is 106 cm³/mol. The summed E-state index contributed by atoms with van der Waals surface area (Å²) in [6.45, 7) is -0.129. The number of nitrogens with zero attached hydrogens (tertiary/aromatic N) is 2. The lowest BCUT2D eigenvalue weighted by molar-refractivity contribution is -0.00555. The molecule has 1 aromatic heterocycles. The van der Waals surface area contributed by atoms with Crippen LogP contribution in [0.2, 0.25) is 0 Å². The number of benzene rings is 2. The monoisotopic (exact) mass is 478 g/mol. The van der Waals surface area contributed by atoms with Crippen molar-refractivity contribution >= 4 is 34.3 Å². The van der Waals surface area contributed by atoms with Gasteiger partial charge in [-0.05, 0) is 46.7 Å². The maximum atomic E-state index is 15.5. The fourth-order valence-electron chi connectivity index (χ4n) is 3.19. The molecule has 0 spiro atoms. The third-order valence-electron chi connectivity index (χ3n) is 4.69. The van der Waals surface area contributed by atoms with Crippen LogP contribution in [0, 0.1) is 11.3 Å². The number of fused-ring (bicyclic) bond motifs is 1. The Morgan fingerprint density at radius 3 is 2.79 bits per heavy atom. The molecule has 4 rings (SSSR count). The van der Waals surface area contributed by atoms with Gasteiger partial charge < -0.3 is 4.52 Å². The second-order valence-electron chi connectivity index (χ2n) is 6.55. The van der Waals surface area contributed by atoms with E-state index in [1.54, 1.807) is 30.5 Å². The van der Waals surface area contributed by atoms with Crippen LogP contribution >= 0.6 is 23.5 Å². The van der Waals surface area contributed by atoms with Crippen molar-refractivity contribution in [3.05, 3.63) is 76.0 Å². The van der Waals surface area contributed by atoms with E-state index in [1.165, 1.54) is 24.4 Å². The Morgan fingerprint density at radius 1 is 1.24 bits per heavy atom. The molecular weight excluding hydrogens is 465 g/mol. The normalized spacial score (nSPS) is 22.3. The zero-order valence-electron chi connectivity index (χ0n) is 14.9. The molecule has 0 bridgehead atoms. The van der Waals surface area contributed by atoms with Crippen molar-refractivity contribution in [1.82, 2.24) is 4.98 Å². The highest BCUT2D eigenvalue weighted by atomic mass is 79.9. The van der Waals surface area contributed by atoms with E-state index in [0.29, 0.717) is 21.9 Å². The molecule has 148 valence electrons. The average Bonchev–Trinajstić information content (AvgIpc) is 2.73. The highest BCUT2D eigenvalue weighted by molar-refractivity contribution is 9.10. The number of hydrogen-bond donors (Lipinski definition) is 0. The van der Waals surface area contributed by atoms with Crippen LogP contribution in [-0.4, -0.2) is 11.6 Å². The Kier molecular flexibility index (Phi) is 5.26. The van der Waals surface area contributed by atoms with Crippen LogP contribution in [0.15, 0.2) is 59.3 Å². The van der Waals surface area contributed by atoms with Gasteiger partial charge >= 0.3 is 13.3 Å². The van der Waals surface area contributed by atoms with E-state index in [-0.39, 0.29) is 17.5 Å². The first-order valence-corrected chi connectivity index (χ1v) is 11.0. The molecule has 1 aliphatic heterocycles. The topological polar surface area (TPSA) is 72.2 Å². The molecule has 5 nitrogen and oxygen atoms in total. The van der Waals surface area contributed by atoms with E-state index in [1.807, 2.05) is 6.07 Å². The van der Waals surface area contributed by atoms with Crippen molar-refractivity contribution in [2.75, 3.05) is 6.61 Å². The third kappa shape index (κ3) is 3.60. The lowest BCUT2D eigenvalue weighted by atomic mass is 10.0. The van der Waals surface area contributed by atoms with Crippen molar-refractivity contribution in [2.24, 2.45) is 0 Å². The van der Waals surface area contributed by atoms with Gasteiger partial charge in [0, 0.05) is 28.9 Å². The van der Waals surface area contributed by atoms with Gasteiger partial charge in [0.15, 0.2) is 0 Å². The number of aromatic nitrogens is 1. The Hall–Kier alpha value is -2.17. The quantitative estimate of drug-likeness (QED) is 0.413. The first kappa shape index (κ1) is 20.1. The zero-order chi connectivity index (χ0) is 20.6. The molecule has 0 radical (unpaired) electrons. The maximum Gasteiger partial charge on any atom is 0.405 e. The summed E-state index contributed by atoms with van der Waals surface area (Å²) < 4.78 is 54.6. The molecule has 2 aromatic carbocycles. The molecule has 0 aliphatic carbocycles. The van der Waals surface area contributed by atoms with Crippen molar-refractivity contribution in [1.29, 1.82) is 5.26 Å². The molecule has 1 fully saturated rings. The lowest BCUT2D eigenvalue weighted by Gasteiger charge is -2.34. The first-order valence-electron chi connectivity index (χ1n) is 8.69. The summed E-state index contributed by atoms with van der Waals surface area (Å²) in [7, 11) is -4.84. The molecule has 0 saturated carbocycles. The fraction of sp³-hybridized carbons (Fsp3) is 0.200. The summed E-state index contributed by atoms with van der Waals surface area (Å²) >= 11 is 3.15. The van der Waals surface area contributed by atoms with Gasteiger partial charge in [-0.1, -0.05) is 28.1 Å². The van der Waals surface area contributed by atoms with E-state index in [4.69, 9.17) is 14.3 Å². The van der Waals surface area contributed by atoms with Crippen LogP contribution in [0.25, 0.3) is 10.8 Å². The molecule has 0 amide bonds. The molecule has 2 atom stereocenters. The standard InChI is InChI=1S/C20H14BrF2N2O3P/c21-18-10-14-4-3-13(11-24)8-16(14)9-17(18)20(22,23)29(26)27-7-5-19(28-29)15-2-1-6-25-12-15/h1-4,6,8-10,12,19H,5,7H2. The number of pyridine rings is 1. The van der Waals surface area contributed by atoms with Gasteiger partial charge in [0.1, 0.15) is 0 Å². The number of rotatable bonds is 3. The van der Waals surface area contributed by atoms with Gasteiger partial charge in [-0.3, -0.25) is 14.1 Å². The smallest absolute Gasteiger partial charge is 0.304 e. The summed E-state index contributed by atoms with van der Waals surface area (Å²) in [5.41, 5.74) is -3.52. The van der Waals surface area contributed by atoms with Crippen molar-refractivity contribution < 1.29 is 22.4 Å². The van der Waals surface area contributed by atoms with Crippen LogP contribution in [0.3, 0.4) is 0 Å². The van der Waals surface area contributed by atoms with Crippen molar-refractivity contribution in [3.8, 4) is 6.07 Å². The SMILES string of the molecule is N#Cc1ccc2cc(Br)c(C(F)(F)P3(=O)OCCC(c4cccnc4)O3)cc2c1. The first-order chi connectivity index (χ1) is 13.8. The van der Waals surface area contributed by atoms with Crippen LogP contribution in [0.1, 0.15) is 29.2 Å². The molecular formula is C20H14BrF2N2O3P. The number of nitriles is 1. The number of hydrogen-bond acceptors (Lipinski definition) is 5. The minimum absolute atomic E-state index is 0.0747. The summed E-state index contributed by atoms with van der Waals surface area (Å²) in [5, 5.41) is 10.2. The third-order valence-corrected chi connectivity index (χ3v) is 7.33. The minimum Gasteiger partial charge on any atom is -0.304 e. The Labute approximate surface area is 173 Å². The molecule has 3 aromatic rings. The molecule has 2 unspecified atom stereocenters. The van der Waals surface area contributed by atoms with Crippen LogP contribution < -0.4 is 0 Å². The molecule has 0 N–H and O–H groups in total. The van der Waals surface area contributed by atoms with Crippen LogP contribution in [0.5, 0.6) is 0 Å². The van der Waals surface area contributed by atoms with E-state index in [2.05, 4.69) is 20.9 Å². The van der Waals surface area contributed by atoms with Gasteiger partial charge in [0.2, 0.25) is 0 Å². The highest BCUT2D eigenvalue weighted by Crippen LogP contribution is 2.71. The lowest BCUT2D eigenvalue weighted by Crippen LogP contribution is -2.24. The van der Waals surface area contributed by atoms with Gasteiger partial charge in [0.25, 0.3) is 0 Å². The Morgan fingerprint density at radius 2 is 2.07 bits per heavy atom. The van der Waals surface area contributed by atoms with Crippen LogP contribution in [0.4, 0.5) is 8.78 Å². The van der Waals surface area contributed by atoms with Crippen molar-refractivity contribution in [2.45, 2.75) is 18.2 Å². The summed E-state index contributed by atoms with van der Waals surface area (Å²) in [6, 6.07) is 12.8. The summed E-state index contributed by atoms with van der Waals surface area (Å²) in [6.07, 6.45) is 2.53. The molecule has 1 saturated heterocycles. The maximum absolute atomic E-state index is 15.5. The van der Waals surface area contributed by atoms with E-state index >= 15 is 8.78 Å². The van der Waals surface area contributed by atoms with Gasteiger partial charge in [-0.25, -0.2) is 0 Å². The predicted octanol–water partition coefficient (Wildman–Crippen LogP) is 6.29. The average molecular weight is 479 g/mol. The minimum atomic E-state index is -4.84.